The fourth-order valence-corrected chi connectivity index (χ4v) is 3.41. The van der Waals surface area contributed by atoms with Crippen LogP contribution < -0.4 is 0 Å². The van der Waals surface area contributed by atoms with E-state index in [-0.39, 0.29) is 17.6 Å². The number of non-ortho nitro benzene ring substituents is 1. The van der Waals surface area contributed by atoms with Gasteiger partial charge >= 0.3 is 0 Å². The highest BCUT2D eigenvalue weighted by atomic mass is 16.6. The molecule has 0 saturated heterocycles. The van der Waals surface area contributed by atoms with Gasteiger partial charge in [-0.1, -0.05) is 29.8 Å². The minimum absolute atomic E-state index is 0.0244. The number of carbonyl (C=O) groups is 1. The van der Waals surface area contributed by atoms with Crippen molar-refractivity contribution < 1.29 is 9.72 Å². The number of nitro benzene ring substituents is 1. The average molecular weight is 418 g/mol. The van der Waals surface area contributed by atoms with E-state index in [0.717, 1.165) is 17.8 Å². The molecule has 0 atom stereocenters. The van der Waals surface area contributed by atoms with E-state index in [0.29, 0.717) is 6.54 Å². The lowest BCUT2D eigenvalue weighted by atomic mass is 10.1. The van der Waals surface area contributed by atoms with Crippen LogP contribution >= 0.6 is 0 Å². The van der Waals surface area contributed by atoms with Gasteiger partial charge < -0.3 is 9.47 Å². The zero-order valence-corrected chi connectivity index (χ0v) is 18.1. The minimum atomic E-state index is -0.439. The molecule has 0 aliphatic carbocycles. The summed E-state index contributed by atoms with van der Waals surface area (Å²) in [4.78, 5) is 25.0. The number of nitrogens with zero attached hydrogens (tertiary/aromatic N) is 3. The first kappa shape index (κ1) is 22.0. The molecule has 1 heterocycles. The first-order valence-corrected chi connectivity index (χ1v) is 10.3. The number of nitro groups is 1. The van der Waals surface area contributed by atoms with Crippen molar-refractivity contribution in [3.05, 3.63) is 105 Å². The minimum Gasteiger partial charge on any atom is -0.345 e. The summed E-state index contributed by atoms with van der Waals surface area (Å²) in [6, 6.07) is 18.6. The second-order valence-electron chi connectivity index (χ2n) is 7.86. The van der Waals surface area contributed by atoms with E-state index in [9.17, 15) is 14.9 Å². The molecular weight excluding hydrogens is 390 g/mol. The zero-order valence-electron chi connectivity index (χ0n) is 18.1. The lowest BCUT2D eigenvalue weighted by molar-refractivity contribution is -0.384. The van der Waals surface area contributed by atoms with Crippen molar-refractivity contribution in [2.45, 2.75) is 39.9 Å². The van der Waals surface area contributed by atoms with Crippen LogP contribution in [-0.2, 0) is 17.9 Å². The molecule has 3 aromatic rings. The van der Waals surface area contributed by atoms with Crippen LogP contribution in [0.15, 0.2) is 72.9 Å². The first-order valence-electron chi connectivity index (χ1n) is 10.3. The molecule has 1 aromatic heterocycles. The normalized spacial score (nSPS) is 11.2. The summed E-state index contributed by atoms with van der Waals surface area (Å²) in [5.74, 6) is -0.100. The smallest absolute Gasteiger partial charge is 0.269 e. The fourth-order valence-electron chi connectivity index (χ4n) is 3.41. The van der Waals surface area contributed by atoms with Crippen LogP contribution in [0.3, 0.4) is 0 Å². The van der Waals surface area contributed by atoms with E-state index in [1.807, 2.05) is 37.1 Å². The SMILES string of the molecule is Cc1cccc(Cn2cccc2CN(C(=O)/C=C/c2ccc([N+](=O)[O-])cc2)C(C)C)c1. The summed E-state index contributed by atoms with van der Waals surface area (Å²) in [6.45, 7) is 7.32. The summed E-state index contributed by atoms with van der Waals surface area (Å²) in [6.07, 6.45) is 5.25. The predicted molar refractivity (Wildman–Crippen MR) is 123 cm³/mol. The average Bonchev–Trinajstić information content (AvgIpc) is 3.17. The molecule has 1 amide bonds. The molecule has 0 N–H and O–H groups in total. The van der Waals surface area contributed by atoms with Crippen LogP contribution in [0, 0.1) is 17.0 Å². The van der Waals surface area contributed by atoms with Gasteiger partial charge in [0.1, 0.15) is 0 Å². The zero-order chi connectivity index (χ0) is 22.4. The van der Waals surface area contributed by atoms with Gasteiger partial charge in [0.05, 0.1) is 11.5 Å². The maximum absolute atomic E-state index is 12.9. The quantitative estimate of drug-likeness (QED) is 0.287. The first-order chi connectivity index (χ1) is 14.8. The van der Waals surface area contributed by atoms with Crippen LogP contribution in [0.4, 0.5) is 5.69 Å². The van der Waals surface area contributed by atoms with Gasteiger partial charge in [0.15, 0.2) is 0 Å². The summed E-state index contributed by atoms with van der Waals surface area (Å²) in [5.41, 5.74) is 4.28. The molecule has 0 bridgehead atoms. The van der Waals surface area contributed by atoms with E-state index >= 15 is 0 Å². The van der Waals surface area contributed by atoms with Gasteiger partial charge in [-0.3, -0.25) is 14.9 Å². The second-order valence-corrected chi connectivity index (χ2v) is 7.86. The lowest BCUT2D eigenvalue weighted by Gasteiger charge is -2.26. The number of hydrogen-bond donors (Lipinski definition) is 0. The molecule has 0 aliphatic rings. The van der Waals surface area contributed by atoms with Gasteiger partial charge in [-0.2, -0.15) is 0 Å². The molecule has 6 heteroatoms. The van der Waals surface area contributed by atoms with Crippen LogP contribution in [0.1, 0.15) is 36.2 Å². The molecule has 160 valence electrons. The molecule has 3 rings (SSSR count). The molecule has 0 spiro atoms. The fraction of sp³-hybridized carbons (Fsp3) is 0.240. The van der Waals surface area contributed by atoms with E-state index in [1.54, 1.807) is 18.2 Å². The van der Waals surface area contributed by atoms with Crippen molar-refractivity contribution in [3.63, 3.8) is 0 Å². The van der Waals surface area contributed by atoms with E-state index < -0.39 is 4.92 Å². The standard InChI is InChI=1S/C25H27N3O3/c1-19(2)27(25(29)14-11-21-9-12-23(13-10-21)28(30)31)18-24-8-5-15-26(24)17-22-7-4-6-20(3)16-22/h4-16,19H,17-18H2,1-3H3/b14-11+. The molecule has 0 saturated carbocycles. The Morgan fingerprint density at radius 2 is 1.87 bits per heavy atom. The maximum Gasteiger partial charge on any atom is 0.269 e. The molecule has 0 radical (unpaired) electrons. The van der Waals surface area contributed by atoms with Gasteiger partial charge in [0.2, 0.25) is 5.91 Å². The van der Waals surface area contributed by atoms with Gasteiger partial charge in [0.25, 0.3) is 5.69 Å². The van der Waals surface area contributed by atoms with Crippen LogP contribution in [0.25, 0.3) is 6.08 Å². The third kappa shape index (κ3) is 5.92. The Hall–Kier alpha value is -3.67. The highest BCUT2D eigenvalue weighted by molar-refractivity contribution is 5.92. The summed E-state index contributed by atoms with van der Waals surface area (Å²) < 4.78 is 2.16. The molecule has 0 fully saturated rings. The third-order valence-electron chi connectivity index (χ3n) is 5.12. The Morgan fingerprint density at radius 1 is 1.13 bits per heavy atom. The third-order valence-corrected chi connectivity index (χ3v) is 5.12. The Balaban J connectivity index is 1.72. The Morgan fingerprint density at radius 3 is 2.52 bits per heavy atom. The number of benzene rings is 2. The second kappa shape index (κ2) is 9.89. The van der Waals surface area contributed by atoms with Crippen LogP contribution in [-0.4, -0.2) is 26.3 Å². The summed E-state index contributed by atoms with van der Waals surface area (Å²) >= 11 is 0. The summed E-state index contributed by atoms with van der Waals surface area (Å²) in [5, 5.41) is 10.8. The van der Waals surface area contributed by atoms with Crippen molar-refractivity contribution in [2.75, 3.05) is 0 Å². The lowest BCUT2D eigenvalue weighted by Crippen LogP contribution is -2.35. The van der Waals surface area contributed by atoms with Gasteiger partial charge in [-0.25, -0.2) is 0 Å². The number of hydrogen-bond acceptors (Lipinski definition) is 3. The number of aryl methyl sites for hydroxylation is 1. The van der Waals surface area contributed by atoms with Gasteiger partial charge in [-0.15, -0.1) is 0 Å². The molecule has 0 aliphatic heterocycles. The van der Waals surface area contributed by atoms with E-state index in [1.165, 1.54) is 29.3 Å². The van der Waals surface area contributed by atoms with Crippen LogP contribution in [0.5, 0.6) is 0 Å². The van der Waals surface area contributed by atoms with Crippen molar-refractivity contribution >= 4 is 17.7 Å². The molecule has 2 aromatic carbocycles. The monoisotopic (exact) mass is 417 g/mol. The van der Waals surface area contributed by atoms with Crippen LogP contribution in [0.2, 0.25) is 0 Å². The topological polar surface area (TPSA) is 68.4 Å². The van der Waals surface area contributed by atoms with Gasteiger partial charge in [0, 0.05) is 42.7 Å². The molecule has 6 nitrogen and oxygen atoms in total. The highest BCUT2D eigenvalue weighted by Crippen LogP contribution is 2.16. The van der Waals surface area contributed by atoms with Crippen molar-refractivity contribution in [1.82, 2.24) is 9.47 Å². The van der Waals surface area contributed by atoms with Crippen molar-refractivity contribution in [2.24, 2.45) is 0 Å². The van der Waals surface area contributed by atoms with Crippen molar-refractivity contribution in [3.8, 4) is 0 Å². The Labute approximate surface area is 182 Å². The summed E-state index contributed by atoms with van der Waals surface area (Å²) in [7, 11) is 0. The predicted octanol–water partition coefficient (Wildman–Crippen LogP) is 5.20. The molecule has 0 unspecified atom stereocenters. The number of aromatic nitrogens is 1. The Bertz CT molecular complexity index is 1080. The Kier molecular flexibility index (Phi) is 7.03. The van der Waals surface area contributed by atoms with E-state index in [2.05, 4.69) is 35.8 Å². The largest absolute Gasteiger partial charge is 0.345 e. The molecule has 31 heavy (non-hydrogen) atoms. The van der Waals surface area contributed by atoms with Crippen molar-refractivity contribution in [1.29, 1.82) is 0 Å². The highest BCUT2D eigenvalue weighted by Gasteiger charge is 2.17. The number of rotatable bonds is 8. The van der Waals surface area contributed by atoms with Gasteiger partial charge in [-0.05, 0) is 62.2 Å². The maximum atomic E-state index is 12.9. The molecular formula is C25H27N3O3. The number of carbonyl (C=O) groups excluding carboxylic acids is 1. The number of amides is 1. The van der Waals surface area contributed by atoms with E-state index in [4.69, 9.17) is 0 Å².